The summed E-state index contributed by atoms with van der Waals surface area (Å²) >= 11 is 0. The highest BCUT2D eigenvalue weighted by Crippen LogP contribution is 2.21. The summed E-state index contributed by atoms with van der Waals surface area (Å²) in [5.74, 6) is 0.151. The molecule has 64 valence electrons. The fourth-order valence-electron chi connectivity index (χ4n) is 0.989. The van der Waals surface area contributed by atoms with Crippen LogP contribution < -0.4 is 5.32 Å². The molecule has 1 aliphatic rings. The number of nitrogens with zero attached hydrogens (tertiary/aromatic N) is 2. The van der Waals surface area contributed by atoms with Crippen molar-refractivity contribution < 1.29 is 4.39 Å². The Balaban J connectivity index is 3.17. The molecule has 0 bridgehead atoms. The lowest BCUT2D eigenvalue weighted by atomic mass is 10.2. The molecule has 0 aromatic heterocycles. The number of amidine groups is 1. The first-order valence-corrected chi connectivity index (χ1v) is 3.48. The third kappa shape index (κ3) is 1.28. The van der Waals surface area contributed by atoms with E-state index < -0.39 is 0 Å². The third-order valence-corrected chi connectivity index (χ3v) is 1.63. The molecule has 0 aliphatic carbocycles. The second-order valence-electron chi connectivity index (χ2n) is 2.33. The van der Waals surface area contributed by atoms with E-state index in [0.29, 0.717) is 17.1 Å². The topological polar surface area (TPSA) is 36.8 Å². The van der Waals surface area contributed by atoms with E-state index in [1.54, 1.807) is 14.0 Å². The summed E-state index contributed by atoms with van der Waals surface area (Å²) in [6, 6.07) is 0. The maximum absolute atomic E-state index is 13.0. The lowest BCUT2D eigenvalue weighted by molar-refractivity contribution is 0.659. The van der Waals surface area contributed by atoms with Crippen molar-refractivity contribution in [3.8, 4) is 0 Å². The van der Waals surface area contributed by atoms with Crippen molar-refractivity contribution in [2.45, 2.75) is 6.92 Å². The van der Waals surface area contributed by atoms with Gasteiger partial charge in [0.25, 0.3) is 0 Å². The molecule has 4 heteroatoms. The third-order valence-electron chi connectivity index (χ3n) is 1.63. The van der Waals surface area contributed by atoms with Gasteiger partial charge in [-0.2, -0.15) is 0 Å². The van der Waals surface area contributed by atoms with Gasteiger partial charge in [0.1, 0.15) is 5.84 Å². The summed E-state index contributed by atoms with van der Waals surface area (Å²) in [7, 11) is 1.59. The van der Waals surface area contributed by atoms with Crippen LogP contribution in [0.15, 0.2) is 33.3 Å². The summed E-state index contributed by atoms with van der Waals surface area (Å²) in [6.45, 7) is 5.01. The van der Waals surface area contributed by atoms with Gasteiger partial charge >= 0.3 is 0 Å². The van der Waals surface area contributed by atoms with Gasteiger partial charge < -0.3 is 5.32 Å². The zero-order valence-corrected chi connectivity index (χ0v) is 7.06. The molecule has 0 saturated heterocycles. The molecule has 1 N–H and O–H groups in total. The SMILES string of the molecule is C=N/C(C)=C1/C(F)=CNC1=NC. The first-order chi connectivity index (χ1) is 5.70. The van der Waals surface area contributed by atoms with Gasteiger partial charge in [-0.05, 0) is 13.6 Å². The minimum atomic E-state index is -0.347. The molecule has 0 atom stereocenters. The Morgan fingerprint density at radius 1 is 1.67 bits per heavy atom. The number of allylic oxidation sites excluding steroid dienone is 1. The standard InChI is InChI=1S/C8H10FN3/c1-5(10-2)7-6(9)4-12-8(7)11-3/h4H,2H2,1,3H3,(H,11,12)/b7-5-. The molecule has 1 heterocycles. The molecule has 0 aromatic carbocycles. The highest BCUT2D eigenvalue weighted by atomic mass is 19.1. The van der Waals surface area contributed by atoms with E-state index in [0.717, 1.165) is 0 Å². The minimum Gasteiger partial charge on any atom is -0.343 e. The van der Waals surface area contributed by atoms with E-state index in [-0.39, 0.29) is 5.83 Å². The van der Waals surface area contributed by atoms with Gasteiger partial charge in [0.05, 0.1) is 11.3 Å². The van der Waals surface area contributed by atoms with Crippen LogP contribution in [0.25, 0.3) is 0 Å². The van der Waals surface area contributed by atoms with Gasteiger partial charge in [-0.1, -0.05) is 0 Å². The quantitative estimate of drug-likeness (QED) is 0.589. The smallest absolute Gasteiger partial charge is 0.151 e. The molecule has 0 unspecified atom stereocenters. The van der Waals surface area contributed by atoms with Crippen molar-refractivity contribution in [2.75, 3.05) is 7.05 Å². The van der Waals surface area contributed by atoms with Gasteiger partial charge in [0.2, 0.25) is 0 Å². The van der Waals surface area contributed by atoms with E-state index in [9.17, 15) is 4.39 Å². The largest absolute Gasteiger partial charge is 0.343 e. The maximum Gasteiger partial charge on any atom is 0.151 e. The van der Waals surface area contributed by atoms with Gasteiger partial charge in [-0.3, -0.25) is 9.98 Å². The van der Waals surface area contributed by atoms with E-state index in [2.05, 4.69) is 22.0 Å². The summed E-state index contributed by atoms with van der Waals surface area (Å²) < 4.78 is 13.0. The van der Waals surface area contributed by atoms with Crippen LogP contribution in [0.1, 0.15) is 6.92 Å². The predicted molar refractivity (Wildman–Crippen MR) is 47.9 cm³/mol. The van der Waals surface area contributed by atoms with Crippen LogP contribution >= 0.6 is 0 Å². The monoisotopic (exact) mass is 167 g/mol. The number of rotatable bonds is 1. The normalized spacial score (nSPS) is 23.6. The van der Waals surface area contributed by atoms with Crippen molar-refractivity contribution in [2.24, 2.45) is 9.98 Å². The van der Waals surface area contributed by atoms with Gasteiger partial charge in [0.15, 0.2) is 5.83 Å². The van der Waals surface area contributed by atoms with Crippen molar-refractivity contribution in [1.82, 2.24) is 5.32 Å². The van der Waals surface area contributed by atoms with Crippen molar-refractivity contribution in [3.05, 3.63) is 23.3 Å². The number of nitrogens with one attached hydrogen (secondary N) is 1. The van der Waals surface area contributed by atoms with Crippen LogP contribution in [0.3, 0.4) is 0 Å². The molecule has 0 aromatic rings. The van der Waals surface area contributed by atoms with Crippen LogP contribution in [-0.2, 0) is 0 Å². The van der Waals surface area contributed by atoms with Crippen LogP contribution in [-0.4, -0.2) is 19.6 Å². The van der Waals surface area contributed by atoms with E-state index in [1.807, 2.05) is 0 Å². The average molecular weight is 167 g/mol. The Kier molecular flexibility index (Phi) is 2.38. The molecule has 3 nitrogen and oxygen atoms in total. The molecule has 0 radical (unpaired) electrons. The van der Waals surface area contributed by atoms with E-state index in [1.165, 1.54) is 6.20 Å². The minimum absolute atomic E-state index is 0.347. The second kappa shape index (κ2) is 3.30. The summed E-state index contributed by atoms with van der Waals surface area (Å²) in [5.41, 5.74) is 0.932. The van der Waals surface area contributed by atoms with E-state index >= 15 is 0 Å². The first kappa shape index (κ1) is 8.64. The number of hydrogen-bond acceptors (Lipinski definition) is 2. The molecule has 0 amide bonds. The Labute approximate surface area is 70.4 Å². The molecular formula is C8H10FN3. The fourth-order valence-corrected chi connectivity index (χ4v) is 0.989. The summed E-state index contributed by atoms with van der Waals surface area (Å²) in [6.07, 6.45) is 1.26. The average Bonchev–Trinajstić information content (AvgIpc) is 2.45. The number of aliphatic imine (C=N–C) groups is 2. The highest BCUT2D eigenvalue weighted by Gasteiger charge is 2.20. The Morgan fingerprint density at radius 2 is 2.33 bits per heavy atom. The van der Waals surface area contributed by atoms with Crippen molar-refractivity contribution >= 4 is 12.6 Å². The fraction of sp³-hybridized carbons (Fsp3) is 0.250. The van der Waals surface area contributed by atoms with Gasteiger partial charge in [-0.15, -0.1) is 0 Å². The lowest BCUT2D eigenvalue weighted by Gasteiger charge is -2.00. The molecule has 0 spiro atoms. The lowest BCUT2D eigenvalue weighted by Crippen LogP contribution is -2.13. The molecule has 1 rings (SSSR count). The highest BCUT2D eigenvalue weighted by molar-refractivity contribution is 6.05. The molecular weight excluding hydrogens is 157 g/mol. The zero-order valence-electron chi connectivity index (χ0n) is 7.06. The number of hydrogen-bond donors (Lipinski definition) is 1. The van der Waals surface area contributed by atoms with Crippen LogP contribution in [0.2, 0.25) is 0 Å². The molecule has 0 saturated carbocycles. The molecule has 0 fully saturated rings. The van der Waals surface area contributed by atoms with Gasteiger partial charge in [0, 0.05) is 13.2 Å². The first-order valence-electron chi connectivity index (χ1n) is 3.48. The van der Waals surface area contributed by atoms with Crippen molar-refractivity contribution in [3.63, 3.8) is 0 Å². The Hall–Kier alpha value is -1.45. The Morgan fingerprint density at radius 3 is 2.83 bits per heavy atom. The Bertz CT molecular complexity index is 299. The van der Waals surface area contributed by atoms with Crippen LogP contribution in [0.5, 0.6) is 0 Å². The second-order valence-corrected chi connectivity index (χ2v) is 2.33. The van der Waals surface area contributed by atoms with Crippen molar-refractivity contribution in [1.29, 1.82) is 0 Å². The van der Waals surface area contributed by atoms with Gasteiger partial charge in [-0.25, -0.2) is 4.39 Å². The number of halogens is 1. The molecule has 12 heavy (non-hydrogen) atoms. The predicted octanol–water partition coefficient (Wildman–Crippen LogP) is 1.40. The zero-order chi connectivity index (χ0) is 9.14. The summed E-state index contributed by atoms with van der Waals surface area (Å²) in [4.78, 5) is 7.50. The van der Waals surface area contributed by atoms with Crippen LogP contribution in [0.4, 0.5) is 4.39 Å². The maximum atomic E-state index is 13.0. The van der Waals surface area contributed by atoms with Crippen LogP contribution in [0, 0.1) is 0 Å². The summed E-state index contributed by atoms with van der Waals surface area (Å²) in [5, 5.41) is 2.69. The molecule has 1 aliphatic heterocycles. The van der Waals surface area contributed by atoms with E-state index in [4.69, 9.17) is 0 Å².